The summed E-state index contributed by atoms with van der Waals surface area (Å²) in [6, 6.07) is 8.83. The quantitative estimate of drug-likeness (QED) is 0.715. The molecule has 0 radical (unpaired) electrons. The summed E-state index contributed by atoms with van der Waals surface area (Å²) in [6.07, 6.45) is 0. The van der Waals surface area contributed by atoms with Gasteiger partial charge in [0.2, 0.25) is 5.91 Å². The van der Waals surface area contributed by atoms with Crippen LogP contribution in [0.5, 0.6) is 0 Å². The van der Waals surface area contributed by atoms with Crippen LogP contribution in [0, 0.1) is 0 Å². The highest BCUT2D eigenvalue weighted by Gasteiger charge is 2.16. The molecular formula is C13H13N3O4S2. The third-order valence-electron chi connectivity index (χ3n) is 2.53. The molecule has 2 amide bonds. The molecule has 2 aromatic rings. The normalized spacial score (nSPS) is 11.0. The van der Waals surface area contributed by atoms with Crippen LogP contribution in [0.15, 0.2) is 46.7 Å². The van der Waals surface area contributed by atoms with Crippen molar-refractivity contribution < 1.29 is 18.0 Å². The second-order valence-corrected chi connectivity index (χ2v) is 6.87. The smallest absolute Gasteiger partial charge is 0.276 e. The minimum atomic E-state index is -3.88. The average molecular weight is 339 g/mol. The van der Waals surface area contributed by atoms with Gasteiger partial charge in [0.05, 0.1) is 9.77 Å². The molecule has 2 rings (SSSR count). The number of hydrogen-bond donors (Lipinski definition) is 3. The SMILES string of the molecule is CC(=O)Nc1ccc(S(=O)(=O)NNC(=O)c2cccs2)cc1. The number of carbonyl (C=O) groups is 2. The minimum absolute atomic E-state index is 0.0342. The van der Waals surface area contributed by atoms with Crippen molar-refractivity contribution in [3.05, 3.63) is 46.7 Å². The Morgan fingerprint density at radius 3 is 2.32 bits per heavy atom. The van der Waals surface area contributed by atoms with Gasteiger partial charge in [0.15, 0.2) is 0 Å². The number of hydrazine groups is 1. The van der Waals surface area contributed by atoms with E-state index in [1.807, 2.05) is 4.83 Å². The zero-order valence-electron chi connectivity index (χ0n) is 11.5. The first kappa shape index (κ1) is 16.1. The van der Waals surface area contributed by atoms with Gasteiger partial charge < -0.3 is 5.32 Å². The fourth-order valence-corrected chi connectivity index (χ4v) is 3.02. The fourth-order valence-electron chi connectivity index (χ4n) is 1.56. The first-order valence-electron chi connectivity index (χ1n) is 6.12. The van der Waals surface area contributed by atoms with Gasteiger partial charge in [0.1, 0.15) is 0 Å². The van der Waals surface area contributed by atoms with Crippen LogP contribution in [-0.2, 0) is 14.8 Å². The predicted octanol–water partition coefficient (Wildman–Crippen LogP) is 1.33. The van der Waals surface area contributed by atoms with Crippen molar-refractivity contribution in [2.45, 2.75) is 11.8 Å². The topological polar surface area (TPSA) is 104 Å². The Balaban J connectivity index is 2.03. The minimum Gasteiger partial charge on any atom is -0.326 e. The van der Waals surface area contributed by atoms with Gasteiger partial charge in [-0.25, -0.2) is 8.42 Å². The van der Waals surface area contributed by atoms with Crippen molar-refractivity contribution in [2.75, 3.05) is 5.32 Å². The van der Waals surface area contributed by atoms with Gasteiger partial charge in [-0.2, -0.15) is 0 Å². The molecule has 1 aromatic carbocycles. The third kappa shape index (κ3) is 4.13. The van der Waals surface area contributed by atoms with Crippen LogP contribution in [0.2, 0.25) is 0 Å². The van der Waals surface area contributed by atoms with E-state index in [0.717, 1.165) is 0 Å². The van der Waals surface area contributed by atoms with Crippen LogP contribution >= 0.6 is 11.3 Å². The Kier molecular flexibility index (Phi) is 4.91. The zero-order valence-corrected chi connectivity index (χ0v) is 13.1. The molecule has 0 unspecified atom stereocenters. The van der Waals surface area contributed by atoms with Crippen LogP contribution < -0.4 is 15.6 Å². The van der Waals surface area contributed by atoms with Gasteiger partial charge in [-0.05, 0) is 35.7 Å². The van der Waals surface area contributed by atoms with Crippen molar-refractivity contribution in [3.63, 3.8) is 0 Å². The van der Waals surface area contributed by atoms with E-state index in [1.165, 1.54) is 42.5 Å². The van der Waals surface area contributed by atoms with Gasteiger partial charge in [0, 0.05) is 12.6 Å². The predicted molar refractivity (Wildman–Crippen MR) is 82.9 cm³/mol. The van der Waals surface area contributed by atoms with Gasteiger partial charge in [-0.3, -0.25) is 15.0 Å². The first-order valence-corrected chi connectivity index (χ1v) is 8.48. The van der Waals surface area contributed by atoms with Gasteiger partial charge in [-0.1, -0.05) is 6.07 Å². The molecule has 9 heteroatoms. The Morgan fingerprint density at radius 2 is 1.77 bits per heavy atom. The summed E-state index contributed by atoms with van der Waals surface area (Å²) in [5, 5.41) is 4.24. The lowest BCUT2D eigenvalue weighted by Crippen LogP contribution is -2.41. The van der Waals surface area contributed by atoms with Crippen LogP contribution in [0.4, 0.5) is 5.69 Å². The molecular weight excluding hydrogens is 326 g/mol. The second-order valence-electron chi connectivity index (χ2n) is 4.24. The molecule has 0 bridgehead atoms. The fraction of sp³-hybridized carbons (Fsp3) is 0.0769. The maximum Gasteiger partial charge on any atom is 0.276 e. The summed E-state index contributed by atoms with van der Waals surface area (Å²) in [5.74, 6) is -0.787. The van der Waals surface area contributed by atoms with E-state index in [2.05, 4.69) is 10.7 Å². The standard InChI is InChI=1S/C13H13N3O4S2/c1-9(17)14-10-4-6-11(7-5-10)22(19,20)16-15-13(18)12-3-2-8-21-12/h2-8,16H,1H3,(H,14,17)(H,15,18). The van der Waals surface area contributed by atoms with Gasteiger partial charge >= 0.3 is 0 Å². The molecule has 0 saturated heterocycles. The highest BCUT2D eigenvalue weighted by atomic mass is 32.2. The molecule has 0 fully saturated rings. The largest absolute Gasteiger partial charge is 0.326 e. The number of benzene rings is 1. The first-order chi connectivity index (χ1) is 10.4. The lowest BCUT2D eigenvalue weighted by atomic mass is 10.3. The molecule has 0 aliphatic carbocycles. The Labute approximate surface area is 131 Å². The Bertz CT molecular complexity index is 768. The number of nitrogens with one attached hydrogen (secondary N) is 3. The van der Waals surface area contributed by atoms with E-state index in [1.54, 1.807) is 17.5 Å². The van der Waals surface area contributed by atoms with Crippen molar-refractivity contribution in [1.29, 1.82) is 0 Å². The van der Waals surface area contributed by atoms with Crippen LogP contribution in [-0.4, -0.2) is 20.2 Å². The molecule has 116 valence electrons. The number of carbonyl (C=O) groups excluding carboxylic acids is 2. The maximum absolute atomic E-state index is 12.0. The molecule has 1 aromatic heterocycles. The second kappa shape index (κ2) is 6.69. The lowest BCUT2D eigenvalue weighted by molar-refractivity contribution is -0.114. The molecule has 3 N–H and O–H groups in total. The number of anilines is 1. The highest BCUT2D eigenvalue weighted by Crippen LogP contribution is 2.14. The molecule has 0 aliphatic rings. The molecule has 0 aliphatic heterocycles. The van der Waals surface area contributed by atoms with Crippen molar-refractivity contribution in [1.82, 2.24) is 10.3 Å². The summed E-state index contributed by atoms with van der Waals surface area (Å²) in [7, 11) is -3.88. The number of thiophene rings is 1. The summed E-state index contributed by atoms with van der Waals surface area (Å²) in [5.41, 5.74) is 2.62. The highest BCUT2D eigenvalue weighted by molar-refractivity contribution is 7.89. The van der Waals surface area contributed by atoms with Crippen molar-refractivity contribution in [3.8, 4) is 0 Å². The lowest BCUT2D eigenvalue weighted by Gasteiger charge is -2.08. The molecule has 0 saturated carbocycles. The zero-order chi connectivity index (χ0) is 16.2. The van der Waals surface area contributed by atoms with E-state index >= 15 is 0 Å². The Morgan fingerprint density at radius 1 is 1.09 bits per heavy atom. The molecule has 0 spiro atoms. The van der Waals surface area contributed by atoms with Crippen LogP contribution in [0.25, 0.3) is 0 Å². The van der Waals surface area contributed by atoms with E-state index in [0.29, 0.717) is 10.6 Å². The Hall–Kier alpha value is -2.23. The monoisotopic (exact) mass is 339 g/mol. The van der Waals surface area contributed by atoms with Gasteiger partial charge in [0.25, 0.3) is 15.9 Å². The number of rotatable bonds is 5. The van der Waals surface area contributed by atoms with E-state index < -0.39 is 15.9 Å². The molecule has 1 heterocycles. The van der Waals surface area contributed by atoms with E-state index in [-0.39, 0.29) is 10.8 Å². The summed E-state index contributed by atoms with van der Waals surface area (Å²) >= 11 is 1.20. The number of hydrogen-bond acceptors (Lipinski definition) is 5. The number of amides is 2. The summed E-state index contributed by atoms with van der Waals surface area (Å²) < 4.78 is 24.1. The average Bonchev–Trinajstić information content (AvgIpc) is 2.99. The van der Waals surface area contributed by atoms with Gasteiger partial charge in [-0.15, -0.1) is 16.2 Å². The molecule has 22 heavy (non-hydrogen) atoms. The summed E-state index contributed by atoms with van der Waals surface area (Å²) in [4.78, 5) is 25.0. The van der Waals surface area contributed by atoms with Crippen molar-refractivity contribution >= 4 is 38.9 Å². The summed E-state index contributed by atoms with van der Waals surface area (Å²) in [6.45, 7) is 1.35. The van der Waals surface area contributed by atoms with E-state index in [9.17, 15) is 18.0 Å². The van der Waals surface area contributed by atoms with Crippen molar-refractivity contribution in [2.24, 2.45) is 0 Å². The number of sulfonamides is 1. The van der Waals surface area contributed by atoms with E-state index in [4.69, 9.17) is 0 Å². The molecule has 0 atom stereocenters. The molecule has 7 nitrogen and oxygen atoms in total. The third-order valence-corrected chi connectivity index (χ3v) is 4.66. The van der Waals surface area contributed by atoms with Crippen LogP contribution in [0.3, 0.4) is 0 Å². The maximum atomic E-state index is 12.0. The van der Waals surface area contributed by atoms with Crippen LogP contribution in [0.1, 0.15) is 16.6 Å².